The average Bonchev–Trinajstić information content (AvgIpc) is 2.75. The normalized spacial score (nSPS) is 16.7. The number of nitrogens with zero attached hydrogens (tertiary/aromatic N) is 1. The number of piperidine rings is 1. The van der Waals surface area contributed by atoms with E-state index in [1.807, 2.05) is 0 Å². The van der Waals surface area contributed by atoms with Crippen LogP contribution in [0.15, 0.2) is 36.4 Å². The number of hydrogen-bond acceptors (Lipinski definition) is 4. The molecular weight excluding hydrogens is 469 g/mol. The van der Waals surface area contributed by atoms with Gasteiger partial charge in [0.25, 0.3) is 0 Å². The van der Waals surface area contributed by atoms with Gasteiger partial charge in [-0.1, -0.05) is 23.7 Å². The first-order chi connectivity index (χ1) is 15.1. The quantitative estimate of drug-likeness (QED) is 0.458. The Kier molecular flexibility index (Phi) is 7.81. The third-order valence-electron chi connectivity index (χ3n) is 5.61. The van der Waals surface area contributed by atoms with Crippen LogP contribution < -0.4 is 5.48 Å². The van der Waals surface area contributed by atoms with Gasteiger partial charge in [-0.15, -0.1) is 0 Å². The molecule has 0 radical (unpaired) electrons. The Morgan fingerprint density at radius 3 is 2.41 bits per heavy atom. The second kappa shape index (κ2) is 10.2. The third kappa shape index (κ3) is 5.80. The first-order valence-electron chi connectivity index (χ1n) is 9.91. The maximum absolute atomic E-state index is 13.5. The molecule has 2 N–H and O–H groups in total. The van der Waals surface area contributed by atoms with Crippen molar-refractivity contribution in [1.82, 2.24) is 9.79 Å². The molecule has 0 bridgehead atoms. The van der Waals surface area contributed by atoms with Crippen LogP contribution in [-0.2, 0) is 21.2 Å². The van der Waals surface area contributed by atoms with Crippen LogP contribution in [0, 0.1) is 23.4 Å². The monoisotopic (exact) mass is 490 g/mol. The minimum Gasteiger partial charge on any atom is -0.289 e. The molecule has 1 unspecified atom stereocenters. The lowest BCUT2D eigenvalue weighted by Gasteiger charge is -2.32. The van der Waals surface area contributed by atoms with Crippen LogP contribution in [0.25, 0.3) is 0 Å². The molecule has 1 fully saturated rings. The van der Waals surface area contributed by atoms with E-state index in [9.17, 15) is 26.4 Å². The highest BCUT2D eigenvalue weighted by Crippen LogP contribution is 2.34. The smallest absolute Gasteiger partial charge is 0.247 e. The number of rotatable bonds is 7. The van der Waals surface area contributed by atoms with E-state index in [1.165, 1.54) is 28.0 Å². The van der Waals surface area contributed by atoms with E-state index in [1.54, 1.807) is 6.07 Å². The maximum atomic E-state index is 13.5. The van der Waals surface area contributed by atoms with Crippen LogP contribution in [0.1, 0.15) is 29.9 Å². The number of carbonyl (C=O) groups is 1. The molecule has 3 rings (SSSR count). The highest BCUT2D eigenvalue weighted by atomic mass is 35.5. The molecule has 32 heavy (non-hydrogen) atoms. The number of halogens is 4. The molecule has 2 aromatic carbocycles. The summed E-state index contributed by atoms with van der Waals surface area (Å²) in [5.74, 6) is -5.42. The Hall–Kier alpha value is -2.14. The summed E-state index contributed by atoms with van der Waals surface area (Å²) in [7, 11) is -3.90. The van der Waals surface area contributed by atoms with Gasteiger partial charge in [-0.05, 0) is 60.6 Å². The zero-order chi connectivity index (χ0) is 23.5. The SMILES string of the molecule is O=C(NO)C(Cc1ccc(F)c(F)c1)CS(=O)(=O)N1CCC(c2ccc(F)cc2Cl)CC1. The van der Waals surface area contributed by atoms with Gasteiger partial charge in [-0.2, -0.15) is 0 Å². The van der Waals surface area contributed by atoms with Gasteiger partial charge in [0.2, 0.25) is 15.9 Å². The van der Waals surface area contributed by atoms with Gasteiger partial charge >= 0.3 is 0 Å². The number of benzene rings is 2. The fraction of sp³-hybridized carbons (Fsp3) is 0.381. The third-order valence-corrected chi connectivity index (χ3v) is 7.91. The summed E-state index contributed by atoms with van der Waals surface area (Å²) in [6, 6.07) is 7.14. The lowest BCUT2D eigenvalue weighted by molar-refractivity contribution is -0.132. The van der Waals surface area contributed by atoms with Crippen molar-refractivity contribution in [1.29, 1.82) is 0 Å². The van der Waals surface area contributed by atoms with Gasteiger partial charge in [0, 0.05) is 18.1 Å². The minimum atomic E-state index is -3.90. The molecule has 1 aliphatic heterocycles. The summed E-state index contributed by atoms with van der Waals surface area (Å²) in [4.78, 5) is 12.1. The predicted molar refractivity (Wildman–Crippen MR) is 112 cm³/mol. The van der Waals surface area contributed by atoms with E-state index in [-0.39, 0.29) is 36.0 Å². The van der Waals surface area contributed by atoms with Gasteiger partial charge in [0.15, 0.2) is 11.6 Å². The predicted octanol–water partition coefficient (Wildman–Crippen LogP) is 3.63. The number of hydrogen-bond donors (Lipinski definition) is 2. The van der Waals surface area contributed by atoms with Crippen molar-refractivity contribution in [3.63, 3.8) is 0 Å². The number of nitrogens with one attached hydrogen (secondary N) is 1. The van der Waals surface area contributed by atoms with Gasteiger partial charge in [0.05, 0.1) is 11.7 Å². The Morgan fingerprint density at radius 1 is 1.12 bits per heavy atom. The molecule has 1 atom stereocenters. The van der Waals surface area contributed by atoms with Crippen molar-refractivity contribution >= 4 is 27.5 Å². The van der Waals surface area contributed by atoms with Crippen LogP contribution >= 0.6 is 11.6 Å². The molecule has 174 valence electrons. The van der Waals surface area contributed by atoms with Crippen molar-refractivity contribution < 1.29 is 31.6 Å². The summed E-state index contributed by atoms with van der Waals surface area (Å²) in [5, 5.41) is 9.30. The standard InChI is InChI=1S/C21H22ClF3N2O4S/c22-18-11-16(23)2-3-17(18)14-5-7-27(8-6-14)32(30,31)12-15(21(28)26-29)9-13-1-4-19(24)20(25)10-13/h1-4,10-11,14-15,29H,5-9,12H2,(H,26,28). The molecule has 1 saturated heterocycles. The van der Waals surface area contributed by atoms with Crippen LogP contribution in [0.3, 0.4) is 0 Å². The summed E-state index contributed by atoms with van der Waals surface area (Å²) in [6.07, 6.45) is 0.722. The topological polar surface area (TPSA) is 86.7 Å². The zero-order valence-corrected chi connectivity index (χ0v) is 18.5. The fourth-order valence-electron chi connectivity index (χ4n) is 3.91. The highest BCUT2D eigenvalue weighted by Gasteiger charge is 2.33. The van der Waals surface area contributed by atoms with Gasteiger partial charge in [-0.3, -0.25) is 10.0 Å². The summed E-state index contributed by atoms with van der Waals surface area (Å²) < 4.78 is 67.0. The minimum absolute atomic E-state index is 0.0340. The van der Waals surface area contributed by atoms with E-state index < -0.39 is 45.1 Å². The van der Waals surface area contributed by atoms with Crippen LogP contribution in [0.2, 0.25) is 5.02 Å². The number of carbonyl (C=O) groups excluding carboxylic acids is 1. The van der Waals surface area contributed by atoms with E-state index in [0.717, 1.165) is 17.7 Å². The summed E-state index contributed by atoms with van der Waals surface area (Å²) >= 11 is 6.12. The zero-order valence-electron chi connectivity index (χ0n) is 16.9. The molecule has 11 heteroatoms. The fourth-order valence-corrected chi connectivity index (χ4v) is 5.98. The van der Waals surface area contributed by atoms with Gasteiger partial charge in [-0.25, -0.2) is 31.4 Å². The number of amides is 1. The van der Waals surface area contributed by atoms with E-state index in [4.69, 9.17) is 16.8 Å². The molecule has 1 aliphatic rings. The summed E-state index contributed by atoms with van der Waals surface area (Å²) in [6.45, 7) is 0.360. The average molecular weight is 491 g/mol. The second-order valence-corrected chi connectivity index (χ2v) is 10.2. The molecule has 0 aliphatic carbocycles. The highest BCUT2D eigenvalue weighted by molar-refractivity contribution is 7.89. The molecule has 6 nitrogen and oxygen atoms in total. The van der Waals surface area contributed by atoms with Crippen LogP contribution in [0.4, 0.5) is 13.2 Å². The van der Waals surface area contributed by atoms with E-state index in [2.05, 4.69) is 0 Å². The van der Waals surface area contributed by atoms with E-state index in [0.29, 0.717) is 12.8 Å². The van der Waals surface area contributed by atoms with Gasteiger partial charge < -0.3 is 0 Å². The maximum Gasteiger partial charge on any atom is 0.247 e. The molecule has 1 heterocycles. The number of sulfonamides is 1. The first-order valence-corrected chi connectivity index (χ1v) is 11.9. The van der Waals surface area contributed by atoms with E-state index >= 15 is 0 Å². The van der Waals surface area contributed by atoms with Crippen molar-refractivity contribution in [2.45, 2.75) is 25.2 Å². The van der Waals surface area contributed by atoms with Crippen molar-refractivity contribution in [2.24, 2.45) is 5.92 Å². The van der Waals surface area contributed by atoms with Crippen molar-refractivity contribution in [3.05, 3.63) is 70.0 Å². The lowest BCUT2D eigenvalue weighted by Crippen LogP contribution is -2.43. The van der Waals surface area contributed by atoms with Crippen molar-refractivity contribution in [2.75, 3.05) is 18.8 Å². The van der Waals surface area contributed by atoms with Crippen LogP contribution in [0.5, 0.6) is 0 Å². The molecule has 0 saturated carbocycles. The second-order valence-electron chi connectivity index (χ2n) is 7.74. The molecule has 0 aromatic heterocycles. The Balaban J connectivity index is 1.68. The summed E-state index contributed by atoms with van der Waals surface area (Å²) in [5.41, 5.74) is 2.41. The van der Waals surface area contributed by atoms with Crippen LogP contribution in [-0.4, -0.2) is 42.7 Å². The molecular formula is C21H22ClF3N2O4S. The Morgan fingerprint density at radius 2 is 1.81 bits per heavy atom. The first kappa shape index (κ1) is 24.5. The molecule has 1 amide bonds. The number of hydroxylamine groups is 1. The van der Waals surface area contributed by atoms with Crippen molar-refractivity contribution in [3.8, 4) is 0 Å². The largest absolute Gasteiger partial charge is 0.289 e. The lowest BCUT2D eigenvalue weighted by atomic mass is 9.90. The van der Waals surface area contributed by atoms with Gasteiger partial charge in [0.1, 0.15) is 5.82 Å². The Bertz CT molecular complexity index is 1090. The molecule has 0 spiro atoms. The molecule has 2 aromatic rings. The Labute approximate surface area is 189 Å².